The molecule has 0 aromatic heterocycles. The fraction of sp³-hybridized carbons (Fsp3) is 0.125. The summed E-state index contributed by atoms with van der Waals surface area (Å²) in [6.07, 6.45) is 0. The van der Waals surface area contributed by atoms with Crippen LogP contribution in [0.25, 0.3) is 0 Å². The number of rotatable bonds is 1. The summed E-state index contributed by atoms with van der Waals surface area (Å²) < 4.78 is 0.676. The van der Waals surface area contributed by atoms with E-state index < -0.39 is 0 Å². The van der Waals surface area contributed by atoms with E-state index in [4.69, 9.17) is 11.6 Å². The van der Waals surface area contributed by atoms with Gasteiger partial charge in [0, 0.05) is 4.47 Å². The van der Waals surface area contributed by atoms with Crippen molar-refractivity contribution in [2.75, 3.05) is 0 Å². The molecule has 0 heterocycles. The van der Waals surface area contributed by atoms with Gasteiger partial charge in [0.25, 0.3) is 0 Å². The maximum Gasteiger partial charge on any atom is 0.163 e. The Labute approximate surface area is 83.3 Å². The van der Waals surface area contributed by atoms with Crippen molar-refractivity contribution in [3.8, 4) is 5.75 Å². The first-order valence-electron chi connectivity index (χ1n) is 3.21. The van der Waals surface area contributed by atoms with Crippen LogP contribution in [0, 0.1) is 0 Å². The Bertz CT molecular complexity index is 336. The average Bonchev–Trinajstić information content (AvgIpc) is 1.96. The van der Waals surface area contributed by atoms with Crippen LogP contribution in [0.3, 0.4) is 0 Å². The highest BCUT2D eigenvalue weighted by molar-refractivity contribution is 9.10. The third-order valence-corrected chi connectivity index (χ3v) is 2.15. The molecule has 12 heavy (non-hydrogen) atoms. The number of hydrogen-bond acceptors (Lipinski definition) is 2. The number of Topliss-reactive ketones (excluding diaryl/α,β-unsaturated/α-hetero) is 1. The minimum Gasteiger partial charge on any atom is -0.506 e. The Balaban J connectivity index is 3.37. The van der Waals surface area contributed by atoms with E-state index in [0.717, 1.165) is 0 Å². The molecule has 0 aliphatic carbocycles. The van der Waals surface area contributed by atoms with Gasteiger partial charge in [0.1, 0.15) is 5.75 Å². The molecule has 0 spiro atoms. The zero-order valence-electron chi connectivity index (χ0n) is 6.27. The van der Waals surface area contributed by atoms with Crippen molar-refractivity contribution >= 4 is 33.3 Å². The number of phenolic OH excluding ortho intramolecular Hbond substituents is 1. The van der Waals surface area contributed by atoms with Gasteiger partial charge >= 0.3 is 0 Å². The number of benzene rings is 1. The number of carbonyl (C=O) groups excluding carboxylic acids is 1. The predicted molar refractivity (Wildman–Crippen MR) is 50.8 cm³/mol. The zero-order chi connectivity index (χ0) is 9.30. The fourth-order valence-electron chi connectivity index (χ4n) is 0.834. The highest BCUT2D eigenvalue weighted by atomic mass is 79.9. The number of halogens is 2. The largest absolute Gasteiger partial charge is 0.506 e. The Morgan fingerprint density at radius 3 is 2.67 bits per heavy atom. The average molecular weight is 249 g/mol. The molecule has 1 rings (SSSR count). The van der Waals surface area contributed by atoms with Crippen molar-refractivity contribution in [3.05, 3.63) is 27.2 Å². The van der Waals surface area contributed by atoms with Gasteiger partial charge in [-0.1, -0.05) is 27.5 Å². The second-order valence-electron chi connectivity index (χ2n) is 2.34. The van der Waals surface area contributed by atoms with Crippen molar-refractivity contribution < 1.29 is 9.90 Å². The highest BCUT2D eigenvalue weighted by Crippen LogP contribution is 2.31. The van der Waals surface area contributed by atoms with Crippen LogP contribution in [0.5, 0.6) is 5.75 Å². The third kappa shape index (κ3) is 1.79. The second-order valence-corrected chi connectivity index (χ2v) is 3.66. The molecule has 0 saturated carbocycles. The maximum atomic E-state index is 10.9. The van der Waals surface area contributed by atoms with Gasteiger partial charge in [-0.2, -0.15) is 0 Å². The standard InChI is InChI=1S/C8H6BrClO2/c1-4(11)6-2-5(9)3-7(10)8(6)12/h2-3,12H,1H3. The van der Waals surface area contributed by atoms with Crippen LogP contribution < -0.4 is 0 Å². The molecule has 0 fully saturated rings. The molecule has 4 heteroatoms. The smallest absolute Gasteiger partial charge is 0.163 e. The van der Waals surface area contributed by atoms with Crippen LogP contribution in [-0.4, -0.2) is 10.9 Å². The summed E-state index contributed by atoms with van der Waals surface area (Å²) >= 11 is 8.80. The fourth-order valence-corrected chi connectivity index (χ4v) is 1.64. The molecule has 0 atom stereocenters. The quantitative estimate of drug-likeness (QED) is 0.777. The molecule has 0 saturated heterocycles. The van der Waals surface area contributed by atoms with Gasteiger partial charge in [0.15, 0.2) is 5.78 Å². The Morgan fingerprint density at radius 1 is 1.58 bits per heavy atom. The van der Waals surface area contributed by atoms with Crippen LogP contribution in [0.2, 0.25) is 5.02 Å². The summed E-state index contributed by atoms with van der Waals surface area (Å²) in [7, 11) is 0. The van der Waals surface area contributed by atoms with Gasteiger partial charge in [-0.3, -0.25) is 4.79 Å². The first kappa shape index (κ1) is 9.55. The first-order valence-corrected chi connectivity index (χ1v) is 4.38. The Morgan fingerprint density at radius 2 is 2.17 bits per heavy atom. The van der Waals surface area contributed by atoms with Crippen molar-refractivity contribution in [3.63, 3.8) is 0 Å². The van der Waals surface area contributed by atoms with Crippen molar-refractivity contribution in [2.45, 2.75) is 6.92 Å². The summed E-state index contributed by atoms with van der Waals surface area (Å²) in [5.41, 5.74) is 0.231. The molecule has 2 nitrogen and oxygen atoms in total. The van der Waals surface area contributed by atoms with Gasteiger partial charge in [-0.15, -0.1) is 0 Å². The van der Waals surface area contributed by atoms with E-state index in [1.165, 1.54) is 19.1 Å². The molecular formula is C8H6BrClO2. The van der Waals surface area contributed by atoms with Crippen molar-refractivity contribution in [1.82, 2.24) is 0 Å². The number of aromatic hydroxyl groups is 1. The van der Waals surface area contributed by atoms with Crippen LogP contribution in [0.15, 0.2) is 16.6 Å². The Kier molecular flexibility index (Phi) is 2.75. The predicted octanol–water partition coefficient (Wildman–Crippen LogP) is 3.01. The van der Waals surface area contributed by atoms with E-state index in [9.17, 15) is 9.90 Å². The zero-order valence-corrected chi connectivity index (χ0v) is 8.61. The molecule has 0 amide bonds. The Hall–Kier alpha value is -0.540. The highest BCUT2D eigenvalue weighted by Gasteiger charge is 2.10. The van der Waals surface area contributed by atoms with Crippen LogP contribution in [0.1, 0.15) is 17.3 Å². The molecule has 1 aromatic carbocycles. The molecule has 0 radical (unpaired) electrons. The number of hydrogen-bond donors (Lipinski definition) is 1. The molecule has 1 N–H and O–H groups in total. The lowest BCUT2D eigenvalue weighted by Crippen LogP contribution is -1.92. The molecule has 0 aliphatic rings. The van der Waals surface area contributed by atoms with Crippen molar-refractivity contribution in [2.24, 2.45) is 0 Å². The normalized spacial score (nSPS) is 9.92. The summed E-state index contributed by atoms with van der Waals surface area (Å²) in [5, 5.41) is 9.49. The van der Waals surface area contributed by atoms with Gasteiger partial charge in [-0.25, -0.2) is 0 Å². The van der Waals surface area contributed by atoms with E-state index in [0.29, 0.717) is 4.47 Å². The first-order chi connectivity index (χ1) is 5.52. The number of phenols is 1. The van der Waals surface area contributed by atoms with E-state index in [1.807, 2.05) is 0 Å². The van der Waals surface area contributed by atoms with Gasteiger partial charge in [0.2, 0.25) is 0 Å². The summed E-state index contributed by atoms with van der Waals surface area (Å²) in [4.78, 5) is 10.9. The SMILES string of the molecule is CC(=O)c1cc(Br)cc(Cl)c1O. The number of ketones is 1. The van der Waals surface area contributed by atoms with Crippen LogP contribution in [0.4, 0.5) is 0 Å². The topological polar surface area (TPSA) is 37.3 Å². The van der Waals surface area contributed by atoms with E-state index in [-0.39, 0.29) is 22.1 Å². The lowest BCUT2D eigenvalue weighted by Gasteiger charge is -2.02. The minimum atomic E-state index is -0.212. The van der Waals surface area contributed by atoms with Crippen molar-refractivity contribution in [1.29, 1.82) is 0 Å². The van der Waals surface area contributed by atoms with Gasteiger partial charge < -0.3 is 5.11 Å². The van der Waals surface area contributed by atoms with E-state index >= 15 is 0 Å². The van der Waals surface area contributed by atoms with E-state index in [2.05, 4.69) is 15.9 Å². The van der Waals surface area contributed by atoms with Crippen LogP contribution in [-0.2, 0) is 0 Å². The van der Waals surface area contributed by atoms with Gasteiger partial charge in [0.05, 0.1) is 10.6 Å². The summed E-state index contributed by atoms with van der Waals surface area (Å²) in [6, 6.07) is 3.06. The minimum absolute atomic E-state index is 0.160. The summed E-state index contributed by atoms with van der Waals surface area (Å²) in [6.45, 7) is 1.37. The second kappa shape index (κ2) is 3.46. The van der Waals surface area contributed by atoms with Gasteiger partial charge in [-0.05, 0) is 19.1 Å². The molecular weight excluding hydrogens is 243 g/mol. The van der Waals surface area contributed by atoms with E-state index in [1.54, 1.807) is 0 Å². The molecule has 64 valence electrons. The van der Waals surface area contributed by atoms with Crippen LogP contribution >= 0.6 is 27.5 Å². The maximum absolute atomic E-state index is 10.9. The third-order valence-electron chi connectivity index (χ3n) is 1.41. The molecule has 0 aliphatic heterocycles. The summed E-state index contributed by atoms with van der Waals surface area (Å²) in [5.74, 6) is -0.372. The molecule has 0 bridgehead atoms. The monoisotopic (exact) mass is 248 g/mol. The number of carbonyl (C=O) groups is 1. The lowest BCUT2D eigenvalue weighted by molar-refractivity contribution is 0.101. The molecule has 0 unspecified atom stereocenters. The molecule has 1 aromatic rings. The lowest BCUT2D eigenvalue weighted by atomic mass is 10.1.